The highest BCUT2D eigenvalue weighted by molar-refractivity contribution is 6.11. The standard InChI is InChI=1S/C26H33N5O4.C2HF3O2/c1-17(15-22(32)33)31-23(19-10-6-3-7-11-19)25(35)30(2)21-13-12-18(16-20(21)24(31)34)9-5-4-8-14-29-26(27)28;3-2(4,5)1(6)7/h3,6-7,10-13,16-17,23H,4-5,8-9,14-15H2,1-2H3,(H,32,33)(H4,27,28,29);(H,6,7). The van der Waals surface area contributed by atoms with E-state index in [1.54, 1.807) is 44.3 Å². The van der Waals surface area contributed by atoms with Crippen molar-refractivity contribution in [3.63, 3.8) is 0 Å². The van der Waals surface area contributed by atoms with E-state index in [0.29, 0.717) is 23.4 Å². The summed E-state index contributed by atoms with van der Waals surface area (Å²) in [6.07, 6.45) is -1.91. The Kier molecular flexibility index (Phi) is 11.9. The number of halogens is 3. The number of likely N-dealkylation sites (N-methyl/N-ethyl adjacent to an activating group) is 1. The first-order chi connectivity index (χ1) is 19.6. The third-order valence-corrected chi connectivity index (χ3v) is 6.45. The molecule has 2 amide bonds. The summed E-state index contributed by atoms with van der Waals surface area (Å²) in [5, 5.41) is 16.5. The molecule has 1 aliphatic rings. The lowest BCUT2D eigenvalue weighted by Crippen LogP contribution is -2.46. The maximum Gasteiger partial charge on any atom is 0.490 e. The summed E-state index contributed by atoms with van der Waals surface area (Å²) in [5.74, 6) is -4.34. The average Bonchev–Trinajstić information content (AvgIpc) is 2.99. The second kappa shape index (κ2) is 14.8. The Morgan fingerprint density at radius 1 is 1.02 bits per heavy atom. The van der Waals surface area contributed by atoms with Gasteiger partial charge >= 0.3 is 18.1 Å². The van der Waals surface area contributed by atoms with Gasteiger partial charge in [0, 0.05) is 19.6 Å². The van der Waals surface area contributed by atoms with E-state index in [1.165, 1.54) is 9.80 Å². The predicted octanol–water partition coefficient (Wildman–Crippen LogP) is 3.33. The van der Waals surface area contributed by atoms with Crippen molar-refractivity contribution >= 4 is 35.4 Å². The van der Waals surface area contributed by atoms with E-state index >= 15 is 0 Å². The van der Waals surface area contributed by atoms with Crippen LogP contribution < -0.4 is 16.4 Å². The monoisotopic (exact) mass is 593 g/mol. The minimum Gasteiger partial charge on any atom is -0.481 e. The molecule has 0 aliphatic carbocycles. The number of aliphatic carboxylic acids is 2. The van der Waals surface area contributed by atoms with Gasteiger partial charge in [-0.05, 0) is 49.4 Å². The van der Waals surface area contributed by atoms with Crippen molar-refractivity contribution in [2.45, 2.75) is 57.3 Å². The molecule has 1 heterocycles. The van der Waals surface area contributed by atoms with Crippen LogP contribution in [0.25, 0.3) is 0 Å². The number of nitrogens with two attached hydrogens (primary N) is 2. The number of carbonyl (C=O) groups is 4. The summed E-state index contributed by atoms with van der Waals surface area (Å²) in [6, 6.07) is 13.0. The van der Waals surface area contributed by atoms with Gasteiger partial charge in [0.15, 0.2) is 5.96 Å². The fourth-order valence-corrected chi connectivity index (χ4v) is 4.45. The summed E-state index contributed by atoms with van der Waals surface area (Å²) < 4.78 is 31.7. The maximum atomic E-state index is 13.9. The number of carbonyl (C=O) groups excluding carboxylic acids is 2. The molecule has 14 heteroatoms. The molecule has 0 fully saturated rings. The number of anilines is 1. The molecule has 11 nitrogen and oxygen atoms in total. The Labute approximate surface area is 240 Å². The topological polar surface area (TPSA) is 180 Å². The average molecular weight is 594 g/mol. The van der Waals surface area contributed by atoms with Crippen molar-refractivity contribution in [2.75, 3.05) is 18.5 Å². The van der Waals surface area contributed by atoms with Gasteiger partial charge in [-0.25, -0.2) is 4.79 Å². The van der Waals surface area contributed by atoms with Crippen LogP contribution in [0.1, 0.15) is 60.1 Å². The number of hydrogen-bond donors (Lipinski definition) is 4. The van der Waals surface area contributed by atoms with Gasteiger partial charge in [0.05, 0.1) is 17.7 Å². The molecule has 2 aromatic carbocycles. The molecule has 0 saturated heterocycles. The number of fused-ring (bicyclic) bond motifs is 1. The maximum absolute atomic E-state index is 13.9. The van der Waals surface area contributed by atoms with Gasteiger partial charge in [-0.15, -0.1) is 0 Å². The number of hydrogen-bond acceptors (Lipinski definition) is 5. The van der Waals surface area contributed by atoms with Crippen molar-refractivity contribution in [2.24, 2.45) is 16.5 Å². The molecule has 0 spiro atoms. The number of carboxylic acid groups (broad SMARTS) is 2. The van der Waals surface area contributed by atoms with Crippen LogP contribution in [-0.4, -0.2) is 70.6 Å². The van der Waals surface area contributed by atoms with Crippen LogP contribution in [0.3, 0.4) is 0 Å². The summed E-state index contributed by atoms with van der Waals surface area (Å²) in [5.41, 5.74) is 13.2. The van der Waals surface area contributed by atoms with Crippen molar-refractivity contribution in [3.8, 4) is 0 Å². The second-order valence-electron chi connectivity index (χ2n) is 9.64. The normalized spacial score (nSPS) is 15.6. The Morgan fingerprint density at radius 3 is 2.19 bits per heavy atom. The summed E-state index contributed by atoms with van der Waals surface area (Å²) in [6.45, 7) is 2.25. The molecule has 2 aromatic rings. The number of carboxylic acids is 2. The molecular formula is C28H34F3N5O6. The minimum atomic E-state index is -5.08. The van der Waals surface area contributed by atoms with Gasteiger partial charge in [0.1, 0.15) is 6.04 Å². The van der Waals surface area contributed by atoms with Crippen LogP contribution in [0.5, 0.6) is 0 Å². The zero-order valence-electron chi connectivity index (χ0n) is 23.2. The summed E-state index contributed by atoms with van der Waals surface area (Å²) >= 11 is 0. The highest BCUT2D eigenvalue weighted by atomic mass is 19.4. The highest BCUT2D eigenvalue weighted by Crippen LogP contribution is 2.36. The van der Waals surface area contributed by atoms with Crippen molar-refractivity contribution in [3.05, 3.63) is 65.2 Å². The third kappa shape index (κ3) is 9.21. The van der Waals surface area contributed by atoms with E-state index in [9.17, 15) is 32.7 Å². The van der Waals surface area contributed by atoms with Gasteiger partial charge < -0.3 is 31.5 Å². The Hall–Kier alpha value is -4.62. The first-order valence-electron chi connectivity index (χ1n) is 13.0. The molecule has 2 unspecified atom stereocenters. The number of alkyl halides is 3. The molecule has 1 aliphatic heterocycles. The number of guanidine groups is 1. The number of aryl methyl sites for hydroxylation is 1. The Morgan fingerprint density at radius 2 is 1.64 bits per heavy atom. The number of amides is 2. The quantitative estimate of drug-likeness (QED) is 0.184. The minimum absolute atomic E-state index is 0.0865. The first kappa shape index (κ1) is 33.6. The van der Waals surface area contributed by atoms with Crippen LogP contribution in [0.15, 0.2) is 53.5 Å². The molecule has 228 valence electrons. The number of rotatable bonds is 10. The van der Waals surface area contributed by atoms with Crippen LogP contribution in [0.4, 0.5) is 18.9 Å². The molecule has 0 radical (unpaired) electrons. The third-order valence-electron chi connectivity index (χ3n) is 6.45. The van der Waals surface area contributed by atoms with E-state index in [4.69, 9.17) is 21.4 Å². The summed E-state index contributed by atoms with van der Waals surface area (Å²) in [7, 11) is 1.65. The van der Waals surface area contributed by atoms with Crippen molar-refractivity contribution in [1.29, 1.82) is 0 Å². The van der Waals surface area contributed by atoms with Crippen molar-refractivity contribution < 1.29 is 42.6 Å². The predicted molar refractivity (Wildman–Crippen MR) is 149 cm³/mol. The molecule has 42 heavy (non-hydrogen) atoms. The molecule has 0 aromatic heterocycles. The van der Waals surface area contributed by atoms with Gasteiger partial charge in [-0.2, -0.15) is 13.2 Å². The largest absolute Gasteiger partial charge is 0.490 e. The zero-order chi connectivity index (χ0) is 31.6. The van der Waals surface area contributed by atoms with Crippen LogP contribution in [-0.2, 0) is 20.8 Å². The van der Waals surface area contributed by atoms with Crippen LogP contribution >= 0.6 is 0 Å². The lowest BCUT2D eigenvalue weighted by Gasteiger charge is -2.34. The van der Waals surface area contributed by atoms with Crippen molar-refractivity contribution in [1.82, 2.24) is 4.90 Å². The number of benzene rings is 2. The van der Waals surface area contributed by atoms with Gasteiger partial charge in [-0.1, -0.05) is 42.8 Å². The van der Waals surface area contributed by atoms with E-state index in [2.05, 4.69) is 4.99 Å². The Balaban J connectivity index is 0.000000782. The molecule has 2 atom stereocenters. The van der Waals surface area contributed by atoms with E-state index in [0.717, 1.165) is 31.2 Å². The van der Waals surface area contributed by atoms with Gasteiger partial charge in [0.2, 0.25) is 0 Å². The lowest BCUT2D eigenvalue weighted by atomic mass is 10.00. The first-order valence-corrected chi connectivity index (χ1v) is 13.0. The molecule has 3 rings (SSSR count). The number of unbranched alkanes of at least 4 members (excludes halogenated alkanes) is 2. The molecule has 0 bridgehead atoms. The fraction of sp³-hybridized carbons (Fsp3) is 0.393. The zero-order valence-corrected chi connectivity index (χ0v) is 23.2. The van der Waals surface area contributed by atoms with Gasteiger partial charge in [0.25, 0.3) is 11.8 Å². The van der Waals surface area contributed by atoms with E-state index in [-0.39, 0.29) is 24.2 Å². The van der Waals surface area contributed by atoms with Gasteiger partial charge in [-0.3, -0.25) is 19.4 Å². The molecule has 6 N–H and O–H groups in total. The van der Waals surface area contributed by atoms with Crippen LogP contribution in [0.2, 0.25) is 0 Å². The van der Waals surface area contributed by atoms with E-state index in [1.807, 2.05) is 18.2 Å². The van der Waals surface area contributed by atoms with Crippen LogP contribution in [0, 0.1) is 0 Å². The highest BCUT2D eigenvalue weighted by Gasteiger charge is 2.42. The lowest BCUT2D eigenvalue weighted by molar-refractivity contribution is -0.192. The molecular weight excluding hydrogens is 559 g/mol. The SMILES string of the molecule is CC(CC(=O)O)N1C(=O)c2cc(CCCCCN=C(N)N)ccc2N(C)C(=O)C1c1ccccc1.O=C(O)C(F)(F)F. The Bertz CT molecular complexity index is 1300. The second-order valence-corrected chi connectivity index (χ2v) is 9.64. The van der Waals surface area contributed by atoms with E-state index < -0.39 is 30.2 Å². The summed E-state index contributed by atoms with van der Waals surface area (Å²) in [4.78, 5) is 54.8. The smallest absolute Gasteiger partial charge is 0.481 e. The number of nitrogens with zero attached hydrogens (tertiary/aromatic N) is 3. The fourth-order valence-electron chi connectivity index (χ4n) is 4.45. The number of aliphatic imine (C=N–C) groups is 1. The molecule has 0 saturated carbocycles.